The first kappa shape index (κ1) is 21.6. The Kier molecular flexibility index (Phi) is 6.23. The van der Waals surface area contributed by atoms with Crippen LogP contribution < -0.4 is 4.90 Å². The number of pyridine rings is 1. The summed E-state index contributed by atoms with van der Waals surface area (Å²) in [5.41, 5.74) is 3.94. The van der Waals surface area contributed by atoms with Crippen molar-refractivity contribution in [3.8, 4) is 11.5 Å². The molecule has 0 N–H and O–H groups in total. The maximum Gasteiger partial charge on any atom is 0.373 e. The summed E-state index contributed by atoms with van der Waals surface area (Å²) in [5, 5.41) is 8.27. The Morgan fingerprint density at radius 1 is 1.09 bits per heavy atom. The molecule has 8 heteroatoms. The van der Waals surface area contributed by atoms with Crippen molar-refractivity contribution >= 4 is 17.9 Å². The lowest BCUT2D eigenvalue weighted by Crippen LogP contribution is -2.24. The van der Waals surface area contributed by atoms with Crippen LogP contribution in [0.2, 0.25) is 0 Å². The van der Waals surface area contributed by atoms with Crippen LogP contribution in [0.4, 0.5) is 5.82 Å². The normalized spacial score (nSPS) is 15.5. The van der Waals surface area contributed by atoms with E-state index in [2.05, 4.69) is 42.2 Å². The number of hydrogen-bond donors (Lipinski definition) is 0. The second-order valence-corrected chi connectivity index (χ2v) is 8.41. The SMILES string of the molecule is CC(C)n1cnnc1-c1cccc(N2Cc3ccc(C4CCCC4)cc3C2=O)n1.O=C=O. The number of amides is 1. The summed E-state index contributed by atoms with van der Waals surface area (Å²) in [4.78, 5) is 36.0. The molecule has 2 aromatic heterocycles. The summed E-state index contributed by atoms with van der Waals surface area (Å²) in [5.74, 6) is 2.01. The van der Waals surface area contributed by atoms with E-state index in [1.54, 1.807) is 11.2 Å². The van der Waals surface area contributed by atoms with E-state index >= 15 is 0 Å². The molecule has 3 heterocycles. The van der Waals surface area contributed by atoms with E-state index in [-0.39, 0.29) is 18.1 Å². The van der Waals surface area contributed by atoms with Gasteiger partial charge in [0.25, 0.3) is 5.91 Å². The molecule has 1 fully saturated rings. The van der Waals surface area contributed by atoms with E-state index in [0.717, 1.165) is 22.6 Å². The topological polar surface area (TPSA) is 98.1 Å². The van der Waals surface area contributed by atoms with Crippen molar-refractivity contribution in [2.45, 2.75) is 58.0 Å². The highest BCUT2D eigenvalue weighted by atomic mass is 16.2. The van der Waals surface area contributed by atoms with E-state index in [1.807, 2.05) is 22.8 Å². The van der Waals surface area contributed by atoms with Gasteiger partial charge in [-0.15, -0.1) is 10.2 Å². The predicted octanol–water partition coefficient (Wildman–Crippen LogP) is 4.16. The molecule has 1 amide bonds. The van der Waals surface area contributed by atoms with Crippen LogP contribution in [0, 0.1) is 0 Å². The third-order valence-corrected chi connectivity index (χ3v) is 6.13. The van der Waals surface area contributed by atoms with Crippen LogP contribution >= 0.6 is 0 Å². The Hall–Kier alpha value is -3.64. The Bertz CT molecular complexity index is 1160. The average Bonchev–Trinajstić information content (AvgIpc) is 3.55. The van der Waals surface area contributed by atoms with Crippen LogP contribution in [-0.2, 0) is 16.1 Å². The second kappa shape index (κ2) is 9.24. The highest BCUT2D eigenvalue weighted by Gasteiger charge is 2.31. The maximum absolute atomic E-state index is 13.2. The molecular weight excluding hydrogens is 406 g/mol. The van der Waals surface area contributed by atoms with Gasteiger partial charge in [0.1, 0.15) is 17.8 Å². The monoisotopic (exact) mass is 431 g/mol. The lowest BCUT2D eigenvalue weighted by molar-refractivity contribution is -0.191. The highest BCUT2D eigenvalue weighted by Crippen LogP contribution is 2.37. The smallest absolute Gasteiger partial charge is 0.310 e. The molecular formula is C24H25N5O3. The van der Waals surface area contributed by atoms with Crippen LogP contribution in [0.25, 0.3) is 11.5 Å². The Balaban J connectivity index is 0.000000775. The Morgan fingerprint density at radius 2 is 1.84 bits per heavy atom. The van der Waals surface area contributed by atoms with Gasteiger partial charge in [0.15, 0.2) is 5.82 Å². The Labute approximate surface area is 186 Å². The van der Waals surface area contributed by atoms with Crippen LogP contribution in [0.15, 0.2) is 42.7 Å². The van der Waals surface area contributed by atoms with Gasteiger partial charge in [0.2, 0.25) is 0 Å². The van der Waals surface area contributed by atoms with Gasteiger partial charge in [-0.25, -0.2) is 4.98 Å². The van der Waals surface area contributed by atoms with Crippen LogP contribution in [0.3, 0.4) is 0 Å². The van der Waals surface area contributed by atoms with Crippen LogP contribution in [0.5, 0.6) is 0 Å². The number of benzene rings is 1. The van der Waals surface area contributed by atoms with Crippen molar-refractivity contribution in [1.82, 2.24) is 19.7 Å². The summed E-state index contributed by atoms with van der Waals surface area (Å²) in [6.45, 7) is 4.73. The summed E-state index contributed by atoms with van der Waals surface area (Å²) < 4.78 is 1.99. The molecule has 1 aliphatic carbocycles. The van der Waals surface area contributed by atoms with E-state index < -0.39 is 0 Å². The predicted molar refractivity (Wildman–Crippen MR) is 117 cm³/mol. The van der Waals surface area contributed by atoms with Crippen molar-refractivity contribution in [3.05, 3.63) is 59.4 Å². The van der Waals surface area contributed by atoms with Gasteiger partial charge in [-0.3, -0.25) is 9.69 Å². The van der Waals surface area contributed by atoms with Crippen molar-refractivity contribution in [1.29, 1.82) is 0 Å². The molecule has 1 saturated carbocycles. The number of nitrogens with zero attached hydrogens (tertiary/aromatic N) is 5. The average molecular weight is 431 g/mol. The molecule has 32 heavy (non-hydrogen) atoms. The van der Waals surface area contributed by atoms with Crippen molar-refractivity contribution < 1.29 is 14.4 Å². The van der Waals surface area contributed by atoms with Gasteiger partial charge in [0.05, 0.1) is 6.54 Å². The van der Waals surface area contributed by atoms with Gasteiger partial charge in [-0.1, -0.05) is 31.0 Å². The first-order valence-corrected chi connectivity index (χ1v) is 10.8. The van der Waals surface area contributed by atoms with Crippen molar-refractivity contribution in [2.75, 3.05) is 4.90 Å². The quantitative estimate of drug-likeness (QED) is 0.615. The number of anilines is 1. The number of carbonyl (C=O) groups is 1. The molecule has 3 aromatic rings. The zero-order valence-corrected chi connectivity index (χ0v) is 18.2. The lowest BCUT2D eigenvalue weighted by atomic mass is 9.94. The van der Waals surface area contributed by atoms with E-state index in [4.69, 9.17) is 14.6 Å². The van der Waals surface area contributed by atoms with Crippen molar-refractivity contribution in [2.24, 2.45) is 0 Å². The molecule has 0 atom stereocenters. The summed E-state index contributed by atoms with van der Waals surface area (Å²) in [6, 6.07) is 12.4. The fourth-order valence-electron chi connectivity index (χ4n) is 4.52. The first-order chi connectivity index (χ1) is 15.5. The molecule has 0 spiro atoms. The second-order valence-electron chi connectivity index (χ2n) is 8.41. The zero-order valence-electron chi connectivity index (χ0n) is 18.2. The molecule has 0 bridgehead atoms. The number of fused-ring (bicyclic) bond motifs is 1. The van der Waals surface area contributed by atoms with E-state index in [1.165, 1.54) is 31.2 Å². The minimum absolute atomic E-state index is 0.0369. The molecule has 2 aliphatic rings. The minimum Gasteiger partial charge on any atom is -0.310 e. The third-order valence-electron chi connectivity index (χ3n) is 6.13. The first-order valence-electron chi connectivity index (χ1n) is 10.8. The Morgan fingerprint density at radius 3 is 2.56 bits per heavy atom. The van der Waals surface area contributed by atoms with Gasteiger partial charge in [-0.05, 0) is 61.9 Å². The van der Waals surface area contributed by atoms with Crippen LogP contribution in [-0.4, -0.2) is 31.8 Å². The molecule has 1 aromatic carbocycles. The molecule has 1 aliphatic heterocycles. The fourth-order valence-corrected chi connectivity index (χ4v) is 4.52. The molecule has 5 rings (SSSR count). The fraction of sp³-hybridized carbons (Fsp3) is 0.375. The van der Waals surface area contributed by atoms with Gasteiger partial charge < -0.3 is 4.57 Å². The molecule has 164 valence electrons. The molecule has 0 saturated heterocycles. The molecule has 0 radical (unpaired) electrons. The maximum atomic E-state index is 13.2. The zero-order chi connectivity index (χ0) is 22.7. The van der Waals surface area contributed by atoms with E-state index in [9.17, 15) is 4.79 Å². The largest absolute Gasteiger partial charge is 0.373 e. The number of carbonyl (C=O) groups excluding carboxylic acids is 3. The summed E-state index contributed by atoms with van der Waals surface area (Å²) in [6.07, 6.45) is 7.02. The van der Waals surface area contributed by atoms with Gasteiger partial charge >= 0.3 is 6.15 Å². The van der Waals surface area contributed by atoms with E-state index in [0.29, 0.717) is 18.3 Å². The number of aromatic nitrogens is 4. The van der Waals surface area contributed by atoms with Gasteiger partial charge in [-0.2, -0.15) is 9.59 Å². The summed E-state index contributed by atoms with van der Waals surface area (Å²) in [7, 11) is 0. The van der Waals surface area contributed by atoms with Crippen LogP contribution in [0.1, 0.15) is 73.0 Å². The molecule has 8 nitrogen and oxygen atoms in total. The third kappa shape index (κ3) is 4.09. The standard InChI is InChI=1S/C23H25N5O.CO2/c1-15(2)28-14-24-26-22(28)20-8-5-9-21(25-20)27-13-18-11-10-17(12-19(18)23(27)29)16-6-3-4-7-16;2-1-3/h5,8-12,14-16H,3-4,6-7,13H2,1-2H3;. The number of hydrogen-bond acceptors (Lipinski definition) is 6. The molecule has 0 unspecified atom stereocenters. The minimum atomic E-state index is 0.0369. The van der Waals surface area contributed by atoms with Gasteiger partial charge in [0, 0.05) is 11.6 Å². The number of rotatable bonds is 4. The lowest BCUT2D eigenvalue weighted by Gasteiger charge is -2.16. The van der Waals surface area contributed by atoms with Crippen molar-refractivity contribution in [3.63, 3.8) is 0 Å². The summed E-state index contributed by atoms with van der Waals surface area (Å²) >= 11 is 0. The highest BCUT2D eigenvalue weighted by molar-refractivity contribution is 6.09.